The van der Waals surface area contributed by atoms with Gasteiger partial charge in [0.25, 0.3) is 5.22 Å². The normalized spacial score (nSPS) is 14.8. The number of nitrogens with zero attached hydrogens (tertiary/aromatic N) is 4. The van der Waals surface area contributed by atoms with Crippen molar-refractivity contribution in [2.24, 2.45) is 0 Å². The van der Waals surface area contributed by atoms with Crippen LogP contribution in [0.25, 0.3) is 11.1 Å². The van der Waals surface area contributed by atoms with Gasteiger partial charge in [-0.2, -0.15) is 0 Å². The molecule has 2 heterocycles. The Bertz CT molecular complexity index is 1290. The van der Waals surface area contributed by atoms with Crippen LogP contribution >= 0.6 is 11.8 Å². The molecule has 0 saturated carbocycles. The van der Waals surface area contributed by atoms with E-state index in [2.05, 4.69) is 47.8 Å². The quantitative estimate of drug-likeness (QED) is 0.190. The molecule has 1 fully saturated rings. The number of piperazine rings is 1. The van der Waals surface area contributed by atoms with E-state index in [1.807, 2.05) is 12.1 Å². The highest BCUT2D eigenvalue weighted by atomic mass is 32.2. The Balaban J connectivity index is 1.27. The number of rotatable bonds is 11. The Hall–Kier alpha value is -3.15. The molecular formula is C28H37N5O5S. The number of benzene rings is 2. The molecule has 1 aromatic heterocycles. The molecule has 0 aliphatic carbocycles. The number of nitro benzene ring substituents is 1. The third kappa shape index (κ3) is 7.09. The molecule has 1 aliphatic rings. The maximum atomic E-state index is 13.1. The molecule has 2 aromatic carbocycles. The van der Waals surface area contributed by atoms with Gasteiger partial charge in [-0.25, -0.2) is 4.98 Å². The molecule has 0 unspecified atom stereocenters. The molecule has 0 bridgehead atoms. The second-order valence-corrected chi connectivity index (χ2v) is 11.4. The van der Waals surface area contributed by atoms with E-state index in [4.69, 9.17) is 9.15 Å². The van der Waals surface area contributed by atoms with Crippen LogP contribution in [0, 0.1) is 10.1 Å². The summed E-state index contributed by atoms with van der Waals surface area (Å²) in [7, 11) is 1.67. The van der Waals surface area contributed by atoms with Crippen molar-refractivity contribution in [3.05, 3.63) is 51.6 Å². The fourth-order valence-electron chi connectivity index (χ4n) is 4.77. The van der Waals surface area contributed by atoms with E-state index in [1.54, 1.807) is 19.2 Å². The van der Waals surface area contributed by atoms with Crippen molar-refractivity contribution in [2.75, 3.05) is 57.4 Å². The van der Waals surface area contributed by atoms with Gasteiger partial charge in [-0.05, 0) is 41.2 Å². The van der Waals surface area contributed by atoms with E-state index in [-0.39, 0.29) is 29.0 Å². The molecule has 210 valence electrons. The standard InChI is InChI=1S/C28H37N5O5S/c1-18(2)21-15-20(37-5)16-22(19(3)4)26(21)30-25(34)17-32-11-9-31(10-12-32)13-14-39-28-29-23-7-6-8-24(33(35)36)27(23)38-28/h6-8,15-16,18-19H,9-14,17H2,1-5H3,(H,30,34). The topological polar surface area (TPSA) is 114 Å². The second kappa shape index (κ2) is 12.8. The lowest BCUT2D eigenvalue weighted by molar-refractivity contribution is -0.383. The van der Waals surface area contributed by atoms with Gasteiger partial charge >= 0.3 is 5.69 Å². The molecule has 1 amide bonds. The Morgan fingerprint density at radius 1 is 1.13 bits per heavy atom. The first-order chi connectivity index (χ1) is 18.7. The number of fused-ring (bicyclic) bond motifs is 1. The molecule has 10 nitrogen and oxygen atoms in total. The monoisotopic (exact) mass is 555 g/mol. The Labute approximate surface area is 233 Å². The summed E-state index contributed by atoms with van der Waals surface area (Å²) in [4.78, 5) is 32.7. The predicted molar refractivity (Wildman–Crippen MR) is 154 cm³/mol. The van der Waals surface area contributed by atoms with Crippen LogP contribution in [0.1, 0.15) is 50.7 Å². The fraction of sp³-hybridized carbons (Fsp3) is 0.500. The highest BCUT2D eigenvalue weighted by Crippen LogP contribution is 2.36. The number of oxazole rings is 1. The number of nitro groups is 1. The fourth-order valence-corrected chi connectivity index (χ4v) is 5.60. The van der Waals surface area contributed by atoms with Gasteiger partial charge in [0.15, 0.2) is 0 Å². The van der Waals surface area contributed by atoms with Crippen LogP contribution in [0.5, 0.6) is 5.75 Å². The van der Waals surface area contributed by atoms with E-state index < -0.39 is 4.92 Å². The average Bonchev–Trinajstić information content (AvgIpc) is 3.32. The third-order valence-corrected chi connectivity index (χ3v) is 7.76. The summed E-state index contributed by atoms with van der Waals surface area (Å²) >= 11 is 1.45. The van der Waals surface area contributed by atoms with Gasteiger partial charge in [0.1, 0.15) is 11.3 Å². The summed E-state index contributed by atoms with van der Waals surface area (Å²) in [6, 6.07) is 8.79. The molecule has 1 aliphatic heterocycles. The Morgan fingerprint density at radius 2 is 1.77 bits per heavy atom. The number of carbonyl (C=O) groups is 1. The number of anilines is 1. The molecule has 39 heavy (non-hydrogen) atoms. The number of thioether (sulfide) groups is 1. The van der Waals surface area contributed by atoms with E-state index >= 15 is 0 Å². The summed E-state index contributed by atoms with van der Waals surface area (Å²) in [5, 5.41) is 14.9. The van der Waals surface area contributed by atoms with Gasteiger partial charge in [-0.15, -0.1) is 0 Å². The van der Waals surface area contributed by atoms with Crippen LogP contribution in [0.15, 0.2) is 40.0 Å². The van der Waals surface area contributed by atoms with Crippen molar-refractivity contribution < 1.29 is 18.9 Å². The smallest absolute Gasteiger partial charge is 0.313 e. The number of hydrogen-bond acceptors (Lipinski definition) is 9. The van der Waals surface area contributed by atoms with Crippen molar-refractivity contribution >= 4 is 40.1 Å². The summed E-state index contributed by atoms with van der Waals surface area (Å²) < 4.78 is 11.2. The van der Waals surface area contributed by atoms with Crippen molar-refractivity contribution in [3.8, 4) is 5.75 Å². The lowest BCUT2D eigenvalue weighted by atomic mass is 9.92. The van der Waals surface area contributed by atoms with Crippen molar-refractivity contribution in [2.45, 2.75) is 44.8 Å². The first-order valence-corrected chi connectivity index (χ1v) is 14.3. The van der Waals surface area contributed by atoms with Crippen LogP contribution < -0.4 is 10.1 Å². The molecule has 11 heteroatoms. The van der Waals surface area contributed by atoms with Gasteiger partial charge in [-0.3, -0.25) is 24.7 Å². The average molecular weight is 556 g/mol. The summed E-state index contributed by atoms with van der Waals surface area (Å²) in [6.45, 7) is 13.0. The number of amides is 1. The van der Waals surface area contributed by atoms with E-state index in [0.717, 1.165) is 61.0 Å². The first kappa shape index (κ1) is 28.8. The summed E-state index contributed by atoms with van der Waals surface area (Å²) in [5.41, 5.74) is 3.72. The molecule has 0 spiro atoms. The first-order valence-electron chi connectivity index (χ1n) is 13.3. The van der Waals surface area contributed by atoms with E-state index in [9.17, 15) is 14.9 Å². The van der Waals surface area contributed by atoms with Gasteiger partial charge < -0.3 is 14.5 Å². The third-order valence-electron chi connectivity index (χ3n) is 6.95. The minimum Gasteiger partial charge on any atom is -0.497 e. The molecular weight excluding hydrogens is 518 g/mol. The number of aromatic nitrogens is 1. The minimum atomic E-state index is -0.453. The molecule has 3 aromatic rings. The highest BCUT2D eigenvalue weighted by Gasteiger charge is 2.23. The largest absolute Gasteiger partial charge is 0.497 e. The van der Waals surface area contributed by atoms with Crippen molar-refractivity contribution in [3.63, 3.8) is 0 Å². The van der Waals surface area contributed by atoms with Crippen LogP contribution in [0.4, 0.5) is 11.4 Å². The van der Waals surface area contributed by atoms with Crippen LogP contribution in [-0.4, -0.2) is 77.7 Å². The van der Waals surface area contributed by atoms with Crippen molar-refractivity contribution in [1.82, 2.24) is 14.8 Å². The van der Waals surface area contributed by atoms with Gasteiger partial charge in [0, 0.05) is 50.2 Å². The van der Waals surface area contributed by atoms with Crippen LogP contribution in [0.2, 0.25) is 0 Å². The van der Waals surface area contributed by atoms with E-state index in [1.165, 1.54) is 17.8 Å². The SMILES string of the molecule is COc1cc(C(C)C)c(NC(=O)CN2CCN(CCSc3nc4cccc([N+](=O)[O-])c4o3)CC2)c(C(C)C)c1. The number of non-ortho nitro benzene ring substituents is 1. The van der Waals surface area contributed by atoms with Crippen molar-refractivity contribution in [1.29, 1.82) is 0 Å². The maximum absolute atomic E-state index is 13.1. The number of carbonyl (C=O) groups excluding carboxylic acids is 1. The highest BCUT2D eigenvalue weighted by molar-refractivity contribution is 7.99. The zero-order chi connectivity index (χ0) is 28.1. The molecule has 1 N–H and O–H groups in total. The maximum Gasteiger partial charge on any atom is 0.313 e. The number of nitrogens with one attached hydrogen (secondary N) is 1. The molecule has 1 saturated heterocycles. The summed E-state index contributed by atoms with van der Waals surface area (Å²) in [5.74, 6) is 2.07. The van der Waals surface area contributed by atoms with E-state index in [0.29, 0.717) is 17.3 Å². The lowest BCUT2D eigenvalue weighted by Gasteiger charge is -2.34. The van der Waals surface area contributed by atoms with Gasteiger partial charge in [-0.1, -0.05) is 45.5 Å². The molecule has 0 atom stereocenters. The Morgan fingerprint density at radius 3 is 2.36 bits per heavy atom. The summed E-state index contributed by atoms with van der Waals surface area (Å²) in [6.07, 6.45) is 0. The zero-order valence-corrected chi connectivity index (χ0v) is 24.0. The molecule has 0 radical (unpaired) electrons. The zero-order valence-electron chi connectivity index (χ0n) is 23.2. The van der Waals surface area contributed by atoms with Gasteiger partial charge in [0.2, 0.25) is 11.5 Å². The molecule has 4 rings (SSSR count). The number of methoxy groups -OCH3 is 1. The number of ether oxygens (including phenoxy) is 1. The predicted octanol–water partition coefficient (Wildman–Crippen LogP) is 5.34. The van der Waals surface area contributed by atoms with Crippen LogP contribution in [-0.2, 0) is 4.79 Å². The van der Waals surface area contributed by atoms with Crippen LogP contribution in [0.3, 0.4) is 0 Å². The van der Waals surface area contributed by atoms with Gasteiger partial charge in [0.05, 0.1) is 18.6 Å². The number of hydrogen-bond donors (Lipinski definition) is 1. The Kier molecular flexibility index (Phi) is 9.47. The minimum absolute atomic E-state index is 0.00183. The number of para-hydroxylation sites is 1. The second-order valence-electron chi connectivity index (χ2n) is 10.4. The lowest BCUT2D eigenvalue weighted by Crippen LogP contribution is -2.49.